The van der Waals surface area contributed by atoms with E-state index in [1.807, 2.05) is 48.7 Å². The second-order valence-corrected chi connectivity index (χ2v) is 6.52. The number of anilines is 1. The van der Waals surface area contributed by atoms with Crippen LogP contribution in [0.4, 0.5) is 10.5 Å². The van der Waals surface area contributed by atoms with Crippen LogP contribution < -0.4 is 5.32 Å². The van der Waals surface area contributed by atoms with E-state index in [-0.39, 0.29) is 18.6 Å². The summed E-state index contributed by atoms with van der Waals surface area (Å²) < 4.78 is 5.42. The van der Waals surface area contributed by atoms with Crippen LogP contribution in [-0.2, 0) is 17.6 Å². The van der Waals surface area contributed by atoms with E-state index in [0.717, 1.165) is 24.2 Å². The Morgan fingerprint density at radius 3 is 2.81 bits per heavy atom. The van der Waals surface area contributed by atoms with E-state index in [0.29, 0.717) is 26.3 Å². The van der Waals surface area contributed by atoms with Gasteiger partial charge in [-0.15, -0.1) is 0 Å². The molecule has 1 aromatic heterocycles. The predicted octanol–water partition coefficient (Wildman–Crippen LogP) is 2.34. The van der Waals surface area contributed by atoms with E-state index in [4.69, 9.17) is 4.74 Å². The smallest absolute Gasteiger partial charge is 0.321 e. The zero-order valence-electron chi connectivity index (χ0n) is 14.8. The molecule has 3 rings (SSSR count). The summed E-state index contributed by atoms with van der Waals surface area (Å²) in [6.45, 7) is 2.05. The lowest BCUT2D eigenvalue weighted by Crippen LogP contribution is -2.39. The standard InChI is InChI=1S/C20H25N3O3/c24-14-17-13-23(11-12-26-15-17)20(25)22-19-8-5-16(6-9-19)4-7-18-3-1-2-10-21-18/h1-3,5-6,8-10,17,24H,4,7,11-15H2,(H,22,25). The fourth-order valence-corrected chi connectivity index (χ4v) is 2.95. The maximum atomic E-state index is 12.4. The Morgan fingerprint density at radius 1 is 1.23 bits per heavy atom. The fraction of sp³-hybridized carbons (Fsp3) is 0.400. The number of nitrogens with zero attached hydrogens (tertiary/aromatic N) is 2. The van der Waals surface area contributed by atoms with Gasteiger partial charge >= 0.3 is 6.03 Å². The minimum atomic E-state index is -0.157. The van der Waals surface area contributed by atoms with E-state index in [9.17, 15) is 9.90 Å². The van der Waals surface area contributed by atoms with Gasteiger partial charge in [-0.3, -0.25) is 4.98 Å². The molecule has 1 saturated heterocycles. The number of hydrogen-bond donors (Lipinski definition) is 2. The number of aryl methyl sites for hydroxylation is 2. The zero-order valence-corrected chi connectivity index (χ0v) is 14.8. The van der Waals surface area contributed by atoms with Gasteiger partial charge in [0.25, 0.3) is 0 Å². The van der Waals surface area contributed by atoms with Crippen LogP contribution >= 0.6 is 0 Å². The number of aliphatic hydroxyl groups excluding tert-OH is 1. The van der Waals surface area contributed by atoms with Crippen LogP contribution in [-0.4, -0.2) is 53.9 Å². The van der Waals surface area contributed by atoms with Gasteiger partial charge in [-0.05, 0) is 42.7 Å². The van der Waals surface area contributed by atoms with Crippen LogP contribution in [0.5, 0.6) is 0 Å². The van der Waals surface area contributed by atoms with Crippen LogP contribution in [0.15, 0.2) is 48.7 Å². The Morgan fingerprint density at radius 2 is 2.08 bits per heavy atom. The molecule has 1 aromatic carbocycles. The molecule has 1 fully saturated rings. The average molecular weight is 355 g/mol. The van der Waals surface area contributed by atoms with Crippen molar-refractivity contribution in [1.29, 1.82) is 0 Å². The average Bonchev–Trinajstić information content (AvgIpc) is 2.94. The van der Waals surface area contributed by atoms with Crippen LogP contribution in [0.25, 0.3) is 0 Å². The first kappa shape index (κ1) is 18.4. The second-order valence-electron chi connectivity index (χ2n) is 6.52. The molecule has 6 heteroatoms. The number of aliphatic hydroxyl groups is 1. The molecule has 2 N–H and O–H groups in total. The second kappa shape index (κ2) is 9.31. The first-order chi connectivity index (χ1) is 12.7. The molecular formula is C20H25N3O3. The number of carbonyl (C=O) groups is 1. The lowest BCUT2D eigenvalue weighted by Gasteiger charge is -2.23. The normalized spacial score (nSPS) is 17.6. The lowest BCUT2D eigenvalue weighted by molar-refractivity contribution is 0.0958. The molecule has 0 radical (unpaired) electrons. The Hall–Kier alpha value is -2.44. The number of nitrogens with one attached hydrogen (secondary N) is 1. The first-order valence-corrected chi connectivity index (χ1v) is 8.98. The SMILES string of the molecule is O=C(Nc1ccc(CCc2ccccn2)cc1)N1CCOCC(CO)C1. The van der Waals surface area contributed by atoms with Crippen molar-refractivity contribution in [3.05, 3.63) is 59.9 Å². The molecule has 0 saturated carbocycles. The molecule has 0 bridgehead atoms. The maximum absolute atomic E-state index is 12.4. The fourth-order valence-electron chi connectivity index (χ4n) is 2.95. The lowest BCUT2D eigenvalue weighted by atomic mass is 10.1. The summed E-state index contributed by atoms with van der Waals surface area (Å²) in [4.78, 5) is 18.5. The van der Waals surface area contributed by atoms with Gasteiger partial charge in [-0.2, -0.15) is 0 Å². The van der Waals surface area contributed by atoms with E-state index in [2.05, 4.69) is 10.3 Å². The van der Waals surface area contributed by atoms with Crippen molar-refractivity contribution in [3.8, 4) is 0 Å². The molecule has 2 heterocycles. The maximum Gasteiger partial charge on any atom is 0.321 e. The van der Waals surface area contributed by atoms with E-state index < -0.39 is 0 Å². The summed E-state index contributed by atoms with van der Waals surface area (Å²) in [5, 5.41) is 12.2. The molecule has 1 unspecified atom stereocenters. The molecule has 0 aliphatic carbocycles. The van der Waals surface area contributed by atoms with Crippen LogP contribution in [0.3, 0.4) is 0 Å². The molecule has 2 amide bonds. The Kier molecular flexibility index (Phi) is 6.57. The van der Waals surface area contributed by atoms with Crippen molar-refractivity contribution < 1.29 is 14.6 Å². The quantitative estimate of drug-likeness (QED) is 0.863. The third-order valence-electron chi connectivity index (χ3n) is 4.48. The van der Waals surface area contributed by atoms with Gasteiger partial charge in [0.1, 0.15) is 0 Å². The van der Waals surface area contributed by atoms with E-state index in [1.54, 1.807) is 4.90 Å². The molecular weight excluding hydrogens is 330 g/mol. The summed E-state index contributed by atoms with van der Waals surface area (Å²) >= 11 is 0. The molecule has 138 valence electrons. The number of amides is 2. The van der Waals surface area contributed by atoms with Gasteiger partial charge in [0.05, 0.1) is 13.2 Å². The summed E-state index contributed by atoms with van der Waals surface area (Å²) in [5.74, 6) is -0.0303. The van der Waals surface area contributed by atoms with E-state index >= 15 is 0 Å². The summed E-state index contributed by atoms with van der Waals surface area (Å²) in [5.41, 5.74) is 3.05. The van der Waals surface area contributed by atoms with E-state index in [1.165, 1.54) is 5.56 Å². The number of rotatable bonds is 5. The van der Waals surface area contributed by atoms with Crippen LogP contribution in [0.1, 0.15) is 11.3 Å². The minimum Gasteiger partial charge on any atom is -0.396 e. The van der Waals surface area contributed by atoms with Crippen molar-refractivity contribution >= 4 is 11.7 Å². The van der Waals surface area contributed by atoms with Crippen molar-refractivity contribution in [2.75, 3.05) is 38.2 Å². The van der Waals surface area contributed by atoms with Gasteiger partial charge in [-0.25, -0.2) is 4.79 Å². The number of ether oxygens (including phenoxy) is 1. The molecule has 1 aliphatic rings. The predicted molar refractivity (Wildman–Crippen MR) is 100 cm³/mol. The largest absolute Gasteiger partial charge is 0.396 e. The highest BCUT2D eigenvalue weighted by Crippen LogP contribution is 2.14. The number of benzene rings is 1. The summed E-state index contributed by atoms with van der Waals surface area (Å²) in [6, 6.07) is 13.7. The minimum absolute atomic E-state index is 0.0226. The number of hydrogen-bond acceptors (Lipinski definition) is 4. The van der Waals surface area contributed by atoms with Crippen molar-refractivity contribution in [2.45, 2.75) is 12.8 Å². The number of aromatic nitrogens is 1. The summed E-state index contributed by atoms with van der Waals surface area (Å²) in [7, 11) is 0. The zero-order chi connectivity index (χ0) is 18.2. The highest BCUT2D eigenvalue weighted by molar-refractivity contribution is 5.89. The third-order valence-corrected chi connectivity index (χ3v) is 4.48. The molecule has 1 aliphatic heterocycles. The number of pyridine rings is 1. The topological polar surface area (TPSA) is 74.7 Å². The van der Waals surface area contributed by atoms with Crippen molar-refractivity contribution in [2.24, 2.45) is 5.92 Å². The summed E-state index contributed by atoms with van der Waals surface area (Å²) in [6.07, 6.45) is 3.61. The van der Waals surface area contributed by atoms with Gasteiger partial charge < -0.3 is 20.1 Å². The molecule has 26 heavy (non-hydrogen) atoms. The van der Waals surface area contributed by atoms with Crippen LogP contribution in [0.2, 0.25) is 0 Å². The Labute approximate surface area is 153 Å². The van der Waals surface area contributed by atoms with Crippen LogP contribution in [0, 0.1) is 5.92 Å². The Balaban J connectivity index is 1.52. The highest BCUT2D eigenvalue weighted by Gasteiger charge is 2.22. The third kappa shape index (κ3) is 5.28. The molecule has 2 aromatic rings. The number of urea groups is 1. The molecule has 0 spiro atoms. The monoisotopic (exact) mass is 355 g/mol. The van der Waals surface area contributed by atoms with Crippen molar-refractivity contribution in [1.82, 2.24) is 9.88 Å². The van der Waals surface area contributed by atoms with Crippen molar-refractivity contribution in [3.63, 3.8) is 0 Å². The number of carbonyl (C=O) groups excluding carboxylic acids is 1. The van der Waals surface area contributed by atoms with Gasteiger partial charge in [0.2, 0.25) is 0 Å². The molecule has 1 atom stereocenters. The Bertz CT molecular complexity index is 691. The van der Waals surface area contributed by atoms with Gasteiger partial charge in [0.15, 0.2) is 0 Å². The van der Waals surface area contributed by atoms with Gasteiger partial charge in [0, 0.05) is 43.2 Å². The highest BCUT2D eigenvalue weighted by atomic mass is 16.5. The first-order valence-electron chi connectivity index (χ1n) is 8.98. The van der Waals surface area contributed by atoms with Gasteiger partial charge in [-0.1, -0.05) is 18.2 Å². The molecule has 6 nitrogen and oxygen atoms in total.